The minimum atomic E-state index is -0.209. The number of hydrogen-bond acceptors (Lipinski definition) is 4. The van der Waals surface area contributed by atoms with Crippen LogP contribution in [0.25, 0.3) is 0 Å². The van der Waals surface area contributed by atoms with Gasteiger partial charge in [-0.15, -0.1) is 11.3 Å². The maximum atomic E-state index is 11.1. The van der Waals surface area contributed by atoms with Crippen LogP contribution in [0.15, 0.2) is 12.1 Å². The van der Waals surface area contributed by atoms with Crippen LogP contribution in [-0.4, -0.2) is 29.8 Å². The average molecular weight is 224 g/mol. The first-order valence-corrected chi connectivity index (χ1v) is 5.55. The molecule has 2 heterocycles. The quantitative estimate of drug-likeness (QED) is 0.745. The molecule has 1 aliphatic rings. The molecule has 0 radical (unpaired) electrons. The molecule has 2 rings (SSSR count). The SMILES string of the molecule is Cc1ccc(CN2CC(=O)NC(=O)C2)s1. The van der Waals surface area contributed by atoms with Crippen LogP contribution in [0.5, 0.6) is 0 Å². The molecule has 15 heavy (non-hydrogen) atoms. The molecule has 1 aromatic heterocycles. The molecule has 4 nitrogen and oxygen atoms in total. The highest BCUT2D eigenvalue weighted by atomic mass is 32.1. The smallest absolute Gasteiger partial charge is 0.240 e. The third-order valence-corrected chi connectivity index (χ3v) is 3.17. The van der Waals surface area contributed by atoms with Crippen molar-refractivity contribution in [3.63, 3.8) is 0 Å². The van der Waals surface area contributed by atoms with Gasteiger partial charge >= 0.3 is 0 Å². The van der Waals surface area contributed by atoms with E-state index in [1.54, 1.807) is 11.3 Å². The van der Waals surface area contributed by atoms with Gasteiger partial charge in [0.1, 0.15) is 0 Å². The predicted octanol–water partition coefficient (Wildman–Crippen LogP) is 0.515. The van der Waals surface area contributed by atoms with Crippen LogP contribution in [0.3, 0.4) is 0 Å². The molecule has 0 spiro atoms. The molecule has 0 saturated carbocycles. The Bertz CT molecular complexity index is 384. The zero-order chi connectivity index (χ0) is 10.8. The highest BCUT2D eigenvalue weighted by Crippen LogP contribution is 2.17. The first kappa shape index (κ1) is 10.3. The van der Waals surface area contributed by atoms with Crippen LogP contribution >= 0.6 is 11.3 Å². The number of thiophene rings is 1. The molecular formula is C10H12N2O2S. The molecule has 0 aliphatic carbocycles. The fourth-order valence-corrected chi connectivity index (χ4v) is 2.53. The number of hydrogen-bond donors (Lipinski definition) is 1. The molecule has 1 fully saturated rings. The summed E-state index contributed by atoms with van der Waals surface area (Å²) >= 11 is 1.70. The van der Waals surface area contributed by atoms with Crippen molar-refractivity contribution in [2.45, 2.75) is 13.5 Å². The Labute approximate surface area is 91.9 Å². The van der Waals surface area contributed by atoms with E-state index in [9.17, 15) is 9.59 Å². The van der Waals surface area contributed by atoms with Crippen molar-refractivity contribution >= 4 is 23.2 Å². The molecule has 2 amide bonds. The van der Waals surface area contributed by atoms with Crippen molar-refractivity contribution in [2.24, 2.45) is 0 Å². The van der Waals surface area contributed by atoms with Crippen LogP contribution < -0.4 is 5.32 Å². The van der Waals surface area contributed by atoms with Gasteiger partial charge in [-0.1, -0.05) is 0 Å². The molecule has 1 aliphatic heterocycles. The van der Waals surface area contributed by atoms with Crippen molar-refractivity contribution in [1.82, 2.24) is 10.2 Å². The second kappa shape index (κ2) is 4.12. The lowest BCUT2D eigenvalue weighted by Gasteiger charge is -2.24. The Morgan fingerprint density at radius 1 is 1.33 bits per heavy atom. The van der Waals surface area contributed by atoms with E-state index in [2.05, 4.69) is 5.32 Å². The number of carbonyl (C=O) groups is 2. The molecule has 0 atom stereocenters. The van der Waals surface area contributed by atoms with Crippen molar-refractivity contribution in [2.75, 3.05) is 13.1 Å². The van der Waals surface area contributed by atoms with E-state index in [-0.39, 0.29) is 11.8 Å². The number of aryl methyl sites for hydroxylation is 1. The van der Waals surface area contributed by atoms with Crippen LogP contribution in [-0.2, 0) is 16.1 Å². The number of rotatable bonds is 2. The third kappa shape index (κ3) is 2.64. The van der Waals surface area contributed by atoms with Gasteiger partial charge in [0.2, 0.25) is 11.8 Å². The maximum Gasteiger partial charge on any atom is 0.240 e. The highest BCUT2D eigenvalue weighted by Gasteiger charge is 2.22. The summed E-state index contributed by atoms with van der Waals surface area (Å²) < 4.78 is 0. The zero-order valence-corrected chi connectivity index (χ0v) is 9.26. The Morgan fingerprint density at radius 2 is 2.00 bits per heavy atom. The van der Waals surface area contributed by atoms with Gasteiger partial charge in [-0.25, -0.2) is 0 Å². The standard InChI is InChI=1S/C10H12N2O2S/c1-7-2-3-8(15-7)4-12-5-9(13)11-10(14)6-12/h2-3H,4-6H2,1H3,(H,11,13,14). The molecule has 0 bridgehead atoms. The molecule has 0 unspecified atom stereocenters. The Kier molecular flexibility index (Phi) is 2.83. The number of nitrogens with one attached hydrogen (secondary N) is 1. The number of piperazine rings is 1. The number of carbonyl (C=O) groups excluding carboxylic acids is 2. The maximum absolute atomic E-state index is 11.1. The van der Waals surface area contributed by atoms with E-state index in [1.807, 2.05) is 24.0 Å². The normalized spacial score (nSPS) is 17.9. The summed E-state index contributed by atoms with van der Waals surface area (Å²) in [5.74, 6) is -0.418. The van der Waals surface area contributed by atoms with Gasteiger partial charge in [-0.05, 0) is 19.1 Å². The first-order valence-electron chi connectivity index (χ1n) is 4.74. The Morgan fingerprint density at radius 3 is 2.53 bits per heavy atom. The second-order valence-corrected chi connectivity index (χ2v) is 5.00. The highest BCUT2D eigenvalue weighted by molar-refractivity contribution is 7.11. The fraction of sp³-hybridized carbons (Fsp3) is 0.400. The molecule has 0 aromatic carbocycles. The molecule has 80 valence electrons. The second-order valence-electron chi connectivity index (χ2n) is 3.63. The zero-order valence-electron chi connectivity index (χ0n) is 8.45. The topological polar surface area (TPSA) is 49.4 Å². The minimum absolute atomic E-state index is 0.209. The van der Waals surface area contributed by atoms with Gasteiger partial charge in [-0.2, -0.15) is 0 Å². The summed E-state index contributed by atoms with van der Waals surface area (Å²) in [6.45, 7) is 3.34. The Hall–Kier alpha value is -1.20. The van der Waals surface area contributed by atoms with Gasteiger partial charge in [0.05, 0.1) is 13.1 Å². The molecule has 1 aromatic rings. The third-order valence-electron chi connectivity index (χ3n) is 2.19. The van der Waals surface area contributed by atoms with Gasteiger partial charge < -0.3 is 0 Å². The van der Waals surface area contributed by atoms with Gasteiger partial charge in [0, 0.05) is 16.3 Å². The molecule has 1 saturated heterocycles. The van der Waals surface area contributed by atoms with Gasteiger partial charge in [0.25, 0.3) is 0 Å². The van der Waals surface area contributed by atoms with Gasteiger partial charge in [0.15, 0.2) is 0 Å². The molecule has 1 N–H and O–H groups in total. The van der Waals surface area contributed by atoms with E-state index in [4.69, 9.17) is 0 Å². The largest absolute Gasteiger partial charge is 0.294 e. The molecule has 5 heteroatoms. The first-order chi connectivity index (χ1) is 7.13. The van der Waals surface area contributed by atoms with E-state index >= 15 is 0 Å². The number of imide groups is 1. The monoisotopic (exact) mass is 224 g/mol. The van der Waals surface area contributed by atoms with Gasteiger partial charge in [-0.3, -0.25) is 19.8 Å². The van der Waals surface area contributed by atoms with E-state index < -0.39 is 0 Å². The van der Waals surface area contributed by atoms with Crippen LogP contribution in [0, 0.1) is 6.92 Å². The summed E-state index contributed by atoms with van der Waals surface area (Å²) in [5.41, 5.74) is 0. The lowest BCUT2D eigenvalue weighted by Crippen LogP contribution is -2.50. The predicted molar refractivity (Wildman–Crippen MR) is 57.5 cm³/mol. The summed E-state index contributed by atoms with van der Waals surface area (Å²) in [6, 6.07) is 4.09. The van der Waals surface area contributed by atoms with E-state index in [0.717, 1.165) is 0 Å². The van der Waals surface area contributed by atoms with Crippen molar-refractivity contribution < 1.29 is 9.59 Å². The van der Waals surface area contributed by atoms with Crippen LogP contribution in [0.1, 0.15) is 9.75 Å². The lowest BCUT2D eigenvalue weighted by molar-refractivity contribution is -0.136. The lowest BCUT2D eigenvalue weighted by atomic mass is 10.3. The fourth-order valence-electron chi connectivity index (χ4n) is 1.60. The summed E-state index contributed by atoms with van der Waals surface area (Å²) in [7, 11) is 0. The van der Waals surface area contributed by atoms with Crippen molar-refractivity contribution in [3.8, 4) is 0 Å². The summed E-state index contributed by atoms with van der Waals surface area (Å²) in [5, 5.41) is 2.28. The van der Waals surface area contributed by atoms with E-state index in [0.29, 0.717) is 19.6 Å². The van der Waals surface area contributed by atoms with Crippen LogP contribution in [0.2, 0.25) is 0 Å². The number of amides is 2. The summed E-state index contributed by atoms with van der Waals surface area (Å²) in [4.78, 5) is 26.5. The van der Waals surface area contributed by atoms with Crippen molar-refractivity contribution in [3.05, 3.63) is 21.9 Å². The average Bonchev–Trinajstić information content (AvgIpc) is 2.49. The summed E-state index contributed by atoms with van der Waals surface area (Å²) in [6.07, 6.45) is 0. The minimum Gasteiger partial charge on any atom is -0.294 e. The molecular weight excluding hydrogens is 212 g/mol. The van der Waals surface area contributed by atoms with Crippen LogP contribution in [0.4, 0.5) is 0 Å². The van der Waals surface area contributed by atoms with Crippen molar-refractivity contribution in [1.29, 1.82) is 0 Å². The van der Waals surface area contributed by atoms with E-state index in [1.165, 1.54) is 9.75 Å². The number of nitrogens with zero attached hydrogens (tertiary/aromatic N) is 1. The Balaban J connectivity index is 2.00.